The first kappa shape index (κ1) is 21.6. The molecule has 4 rings (SSSR count). The van der Waals surface area contributed by atoms with Crippen LogP contribution in [0.5, 0.6) is 11.5 Å². The Balaban J connectivity index is 1.89. The molecule has 1 aliphatic heterocycles. The Kier molecular flexibility index (Phi) is 6.01. The SMILES string of the molecule is CCOc1ccc(C2C(C(=O)c3cccs3)=C(O)C(=O)N2c2cccc(C)c2)cc1OC. The number of carbonyl (C=O) groups is 2. The van der Waals surface area contributed by atoms with Gasteiger partial charge in [0.05, 0.1) is 30.2 Å². The lowest BCUT2D eigenvalue weighted by molar-refractivity contribution is -0.117. The number of hydrogen-bond donors (Lipinski definition) is 1. The van der Waals surface area contributed by atoms with E-state index in [1.54, 1.807) is 41.8 Å². The number of ketones is 1. The number of hydrogen-bond acceptors (Lipinski definition) is 6. The van der Waals surface area contributed by atoms with Crippen LogP contribution in [0.25, 0.3) is 0 Å². The number of aliphatic hydroxyl groups excluding tert-OH is 1. The number of aliphatic hydroxyl groups is 1. The Morgan fingerprint density at radius 2 is 1.94 bits per heavy atom. The van der Waals surface area contributed by atoms with Gasteiger partial charge in [-0.15, -0.1) is 11.3 Å². The summed E-state index contributed by atoms with van der Waals surface area (Å²) >= 11 is 1.27. The second-order valence-corrected chi connectivity index (χ2v) is 8.28. The highest BCUT2D eigenvalue weighted by molar-refractivity contribution is 7.12. The molecule has 0 radical (unpaired) electrons. The Morgan fingerprint density at radius 1 is 1.12 bits per heavy atom. The van der Waals surface area contributed by atoms with Gasteiger partial charge in [-0.3, -0.25) is 14.5 Å². The van der Waals surface area contributed by atoms with E-state index in [1.165, 1.54) is 23.3 Å². The molecule has 1 aliphatic rings. The van der Waals surface area contributed by atoms with Gasteiger partial charge in [0.1, 0.15) is 0 Å². The predicted octanol–water partition coefficient (Wildman–Crippen LogP) is 5.25. The molecule has 1 N–H and O–H groups in total. The van der Waals surface area contributed by atoms with Crippen LogP contribution in [-0.2, 0) is 4.79 Å². The average Bonchev–Trinajstić information content (AvgIpc) is 3.41. The Labute approximate surface area is 190 Å². The number of amides is 1. The van der Waals surface area contributed by atoms with E-state index >= 15 is 0 Å². The van der Waals surface area contributed by atoms with E-state index in [0.29, 0.717) is 34.2 Å². The van der Waals surface area contributed by atoms with Gasteiger partial charge in [0.15, 0.2) is 17.3 Å². The number of benzene rings is 2. The minimum atomic E-state index is -0.816. The molecule has 32 heavy (non-hydrogen) atoms. The highest BCUT2D eigenvalue weighted by Crippen LogP contribution is 2.44. The monoisotopic (exact) mass is 449 g/mol. The number of carbonyl (C=O) groups excluding carboxylic acids is 2. The van der Waals surface area contributed by atoms with Gasteiger partial charge in [0.2, 0.25) is 5.78 Å². The van der Waals surface area contributed by atoms with Crippen LogP contribution in [-0.4, -0.2) is 30.5 Å². The topological polar surface area (TPSA) is 76.1 Å². The van der Waals surface area contributed by atoms with Crippen LogP contribution in [0.2, 0.25) is 0 Å². The number of rotatable bonds is 7. The van der Waals surface area contributed by atoms with Crippen LogP contribution in [0.4, 0.5) is 5.69 Å². The number of nitrogens with zero attached hydrogens (tertiary/aromatic N) is 1. The highest BCUT2D eigenvalue weighted by atomic mass is 32.1. The molecule has 0 spiro atoms. The van der Waals surface area contributed by atoms with Crippen molar-refractivity contribution >= 4 is 28.7 Å². The quantitative estimate of drug-likeness (QED) is 0.499. The molecule has 6 nitrogen and oxygen atoms in total. The zero-order chi connectivity index (χ0) is 22.8. The van der Waals surface area contributed by atoms with Crippen molar-refractivity contribution in [3.05, 3.63) is 87.3 Å². The van der Waals surface area contributed by atoms with Crippen molar-refractivity contribution in [3.8, 4) is 11.5 Å². The van der Waals surface area contributed by atoms with Gasteiger partial charge in [0.25, 0.3) is 5.91 Å². The van der Waals surface area contributed by atoms with E-state index in [-0.39, 0.29) is 11.4 Å². The van der Waals surface area contributed by atoms with Crippen LogP contribution in [0.1, 0.15) is 33.8 Å². The molecule has 1 atom stereocenters. The van der Waals surface area contributed by atoms with Crippen molar-refractivity contribution in [2.45, 2.75) is 19.9 Å². The molecule has 0 bridgehead atoms. The number of anilines is 1. The largest absolute Gasteiger partial charge is 0.503 e. The van der Waals surface area contributed by atoms with E-state index < -0.39 is 17.7 Å². The molecular formula is C25H23NO5S. The van der Waals surface area contributed by atoms with Gasteiger partial charge in [-0.2, -0.15) is 0 Å². The summed E-state index contributed by atoms with van der Waals surface area (Å²) in [5.74, 6) is -0.491. The molecule has 7 heteroatoms. The summed E-state index contributed by atoms with van der Waals surface area (Å²) in [4.78, 5) is 28.5. The molecular weight excluding hydrogens is 426 g/mol. The first-order chi connectivity index (χ1) is 15.5. The zero-order valence-corrected chi connectivity index (χ0v) is 18.8. The molecule has 0 saturated carbocycles. The lowest BCUT2D eigenvalue weighted by Gasteiger charge is -2.27. The molecule has 0 fully saturated rings. The summed E-state index contributed by atoms with van der Waals surface area (Å²) in [5.41, 5.74) is 2.22. The fourth-order valence-corrected chi connectivity index (χ4v) is 4.54. The van der Waals surface area contributed by atoms with Crippen molar-refractivity contribution in [1.29, 1.82) is 0 Å². The maximum absolute atomic E-state index is 13.4. The number of methoxy groups -OCH3 is 1. The fourth-order valence-electron chi connectivity index (χ4n) is 3.87. The van der Waals surface area contributed by atoms with Gasteiger partial charge in [-0.1, -0.05) is 24.3 Å². The van der Waals surface area contributed by atoms with Crippen molar-refractivity contribution in [1.82, 2.24) is 0 Å². The van der Waals surface area contributed by atoms with Gasteiger partial charge in [-0.05, 0) is 60.7 Å². The summed E-state index contributed by atoms with van der Waals surface area (Å²) in [5, 5.41) is 12.6. The number of ether oxygens (including phenoxy) is 2. The normalized spacial score (nSPS) is 15.9. The van der Waals surface area contributed by atoms with E-state index in [9.17, 15) is 14.7 Å². The molecule has 2 aromatic carbocycles. The zero-order valence-electron chi connectivity index (χ0n) is 18.0. The van der Waals surface area contributed by atoms with Gasteiger partial charge < -0.3 is 14.6 Å². The first-order valence-electron chi connectivity index (χ1n) is 10.2. The van der Waals surface area contributed by atoms with Gasteiger partial charge in [-0.25, -0.2) is 0 Å². The van der Waals surface area contributed by atoms with Crippen molar-refractivity contribution in [2.75, 3.05) is 18.6 Å². The Bertz CT molecular complexity index is 1200. The summed E-state index contributed by atoms with van der Waals surface area (Å²) < 4.78 is 11.1. The summed E-state index contributed by atoms with van der Waals surface area (Å²) in [6.45, 7) is 4.26. The molecule has 1 aromatic heterocycles. The molecule has 1 unspecified atom stereocenters. The summed E-state index contributed by atoms with van der Waals surface area (Å²) in [6.07, 6.45) is 0. The van der Waals surface area contributed by atoms with E-state index in [4.69, 9.17) is 9.47 Å². The summed E-state index contributed by atoms with van der Waals surface area (Å²) in [6, 6.07) is 15.3. The third-order valence-electron chi connectivity index (χ3n) is 5.28. The lowest BCUT2D eigenvalue weighted by Crippen LogP contribution is -2.31. The van der Waals surface area contributed by atoms with Gasteiger partial charge in [0, 0.05) is 5.69 Å². The molecule has 2 heterocycles. The highest BCUT2D eigenvalue weighted by Gasteiger charge is 2.45. The second kappa shape index (κ2) is 8.88. The maximum Gasteiger partial charge on any atom is 0.294 e. The number of thiophene rings is 1. The number of aryl methyl sites for hydroxylation is 1. The van der Waals surface area contributed by atoms with E-state index in [2.05, 4.69) is 0 Å². The standard InChI is InChI=1S/C25H23NO5S/c1-4-31-18-11-10-16(14-19(18)30-3)22-21(23(27)20-9-6-12-32-20)24(28)25(29)26(22)17-8-5-7-15(2)13-17/h5-14,22,28H,4H2,1-3H3. The third kappa shape index (κ3) is 3.76. The molecule has 0 saturated heterocycles. The van der Waals surface area contributed by atoms with Crippen LogP contribution in [0, 0.1) is 6.92 Å². The van der Waals surface area contributed by atoms with Crippen molar-refractivity contribution < 1.29 is 24.2 Å². The van der Waals surface area contributed by atoms with Crippen LogP contribution >= 0.6 is 11.3 Å². The molecule has 0 aliphatic carbocycles. The maximum atomic E-state index is 13.4. The minimum absolute atomic E-state index is 0.0465. The predicted molar refractivity (Wildman–Crippen MR) is 124 cm³/mol. The molecule has 3 aromatic rings. The third-order valence-corrected chi connectivity index (χ3v) is 6.15. The van der Waals surface area contributed by atoms with E-state index in [0.717, 1.165) is 5.56 Å². The van der Waals surface area contributed by atoms with Crippen molar-refractivity contribution in [2.24, 2.45) is 0 Å². The van der Waals surface area contributed by atoms with Crippen LogP contribution in [0.15, 0.2) is 71.3 Å². The second-order valence-electron chi connectivity index (χ2n) is 7.33. The Morgan fingerprint density at radius 3 is 2.59 bits per heavy atom. The van der Waals surface area contributed by atoms with Crippen LogP contribution < -0.4 is 14.4 Å². The van der Waals surface area contributed by atoms with Gasteiger partial charge >= 0.3 is 0 Å². The fraction of sp³-hybridized carbons (Fsp3) is 0.200. The van der Waals surface area contributed by atoms with Crippen LogP contribution in [0.3, 0.4) is 0 Å². The average molecular weight is 450 g/mol. The Hall–Kier alpha value is -3.58. The van der Waals surface area contributed by atoms with Crippen molar-refractivity contribution in [3.63, 3.8) is 0 Å². The first-order valence-corrected chi connectivity index (χ1v) is 11.1. The molecule has 1 amide bonds. The summed E-state index contributed by atoms with van der Waals surface area (Å²) in [7, 11) is 1.53. The smallest absolute Gasteiger partial charge is 0.294 e. The van der Waals surface area contributed by atoms with E-state index in [1.807, 2.05) is 32.0 Å². The number of Topliss-reactive ketones (excluding diaryl/α,β-unsaturated/α-hetero) is 1. The molecule has 164 valence electrons. The minimum Gasteiger partial charge on any atom is -0.503 e. The lowest BCUT2D eigenvalue weighted by atomic mass is 9.94.